The fourth-order valence-electron chi connectivity index (χ4n) is 4.25. The number of rotatable bonds is 5. The van der Waals surface area contributed by atoms with Crippen molar-refractivity contribution in [3.8, 4) is 11.5 Å². The first-order valence-electron chi connectivity index (χ1n) is 9.43. The molecule has 0 radical (unpaired) electrons. The molecule has 1 saturated heterocycles. The van der Waals surface area contributed by atoms with Crippen LogP contribution in [0.5, 0.6) is 11.5 Å². The number of aryl methyl sites for hydroxylation is 1. The van der Waals surface area contributed by atoms with Crippen LogP contribution in [-0.4, -0.2) is 37.7 Å². The van der Waals surface area contributed by atoms with Crippen molar-refractivity contribution in [2.24, 2.45) is 0 Å². The first-order chi connectivity index (χ1) is 12.3. The van der Waals surface area contributed by atoms with Gasteiger partial charge in [-0.05, 0) is 54.9 Å². The fourth-order valence-corrected chi connectivity index (χ4v) is 4.25. The number of likely N-dealkylation sites (tertiary alicyclic amines) is 1. The number of para-hydroxylation sites is 2. The van der Waals surface area contributed by atoms with Gasteiger partial charge in [0.15, 0.2) is 11.5 Å². The Kier molecular flexibility index (Phi) is 4.93. The number of piperidine rings is 1. The highest BCUT2D eigenvalue weighted by Gasteiger charge is 2.27. The van der Waals surface area contributed by atoms with E-state index in [-0.39, 0.29) is 0 Å². The maximum Gasteiger partial charge on any atom is 0.161 e. The van der Waals surface area contributed by atoms with E-state index in [2.05, 4.69) is 29.2 Å². The van der Waals surface area contributed by atoms with Gasteiger partial charge < -0.3 is 14.4 Å². The predicted octanol–water partition coefficient (Wildman–Crippen LogP) is 4.27. The number of benzene rings is 2. The Hall–Kier alpha value is -2.00. The normalized spacial score (nSPS) is 21.1. The first-order valence-corrected chi connectivity index (χ1v) is 9.43. The summed E-state index contributed by atoms with van der Waals surface area (Å²) in [4.78, 5) is 2.62. The summed E-state index contributed by atoms with van der Waals surface area (Å²) in [6.45, 7) is 3.44. The van der Waals surface area contributed by atoms with Crippen molar-refractivity contribution in [3.63, 3.8) is 0 Å². The lowest BCUT2D eigenvalue weighted by atomic mass is 9.99. The molecule has 1 fully saturated rings. The number of fused-ring (bicyclic) bond motifs is 1. The van der Waals surface area contributed by atoms with Crippen LogP contribution in [0.1, 0.15) is 36.3 Å². The average Bonchev–Trinajstić information content (AvgIpc) is 3.07. The zero-order chi connectivity index (χ0) is 17.1. The van der Waals surface area contributed by atoms with Gasteiger partial charge in [-0.25, -0.2) is 0 Å². The number of hydrogen-bond acceptors (Lipinski definition) is 3. The minimum atomic E-state index is 0.295. The van der Waals surface area contributed by atoms with E-state index in [1.807, 2.05) is 24.3 Å². The van der Waals surface area contributed by atoms with Crippen molar-refractivity contribution in [2.45, 2.75) is 37.7 Å². The molecule has 0 N–H and O–H groups in total. The lowest BCUT2D eigenvalue weighted by Gasteiger charge is -2.34. The monoisotopic (exact) mass is 337 g/mol. The van der Waals surface area contributed by atoms with Crippen LogP contribution >= 0.6 is 0 Å². The first kappa shape index (κ1) is 16.5. The smallest absolute Gasteiger partial charge is 0.161 e. The van der Waals surface area contributed by atoms with E-state index in [9.17, 15) is 0 Å². The molecular weight excluding hydrogens is 310 g/mol. The van der Waals surface area contributed by atoms with E-state index in [1.54, 1.807) is 18.2 Å². The largest absolute Gasteiger partial charge is 0.493 e. The number of hydrogen-bond donors (Lipinski definition) is 0. The van der Waals surface area contributed by atoms with Gasteiger partial charge in [-0.1, -0.05) is 36.4 Å². The van der Waals surface area contributed by atoms with Crippen molar-refractivity contribution in [2.75, 3.05) is 26.7 Å². The third-order valence-corrected chi connectivity index (χ3v) is 5.63. The summed E-state index contributed by atoms with van der Waals surface area (Å²) < 4.78 is 11.6. The molecular formula is C22H27NO2. The number of nitrogens with zero attached hydrogens (tertiary/aromatic N) is 1. The third-order valence-electron chi connectivity index (χ3n) is 5.63. The Morgan fingerprint density at radius 2 is 1.64 bits per heavy atom. The highest BCUT2D eigenvalue weighted by molar-refractivity contribution is 5.39. The summed E-state index contributed by atoms with van der Waals surface area (Å²) in [5, 5.41) is 0. The van der Waals surface area contributed by atoms with E-state index >= 15 is 0 Å². The minimum absolute atomic E-state index is 0.295. The van der Waals surface area contributed by atoms with E-state index < -0.39 is 0 Å². The molecule has 3 heteroatoms. The summed E-state index contributed by atoms with van der Waals surface area (Å²) in [7, 11) is 1.70. The molecule has 3 nitrogen and oxygen atoms in total. The molecule has 0 saturated carbocycles. The zero-order valence-electron chi connectivity index (χ0n) is 15.0. The molecule has 1 aliphatic heterocycles. The van der Waals surface area contributed by atoms with Crippen LogP contribution in [0.15, 0.2) is 48.5 Å². The van der Waals surface area contributed by atoms with Gasteiger partial charge in [0.25, 0.3) is 0 Å². The molecule has 1 heterocycles. The lowest BCUT2D eigenvalue weighted by molar-refractivity contribution is 0.0945. The Balaban J connectivity index is 1.30. The molecule has 1 unspecified atom stereocenters. The van der Waals surface area contributed by atoms with Crippen LogP contribution in [-0.2, 0) is 6.42 Å². The van der Waals surface area contributed by atoms with Gasteiger partial charge >= 0.3 is 0 Å². The third kappa shape index (κ3) is 3.67. The second kappa shape index (κ2) is 7.49. The molecule has 132 valence electrons. The predicted molar refractivity (Wildman–Crippen MR) is 101 cm³/mol. The second-order valence-electron chi connectivity index (χ2n) is 7.20. The van der Waals surface area contributed by atoms with Gasteiger partial charge in [-0.3, -0.25) is 0 Å². The van der Waals surface area contributed by atoms with E-state index in [4.69, 9.17) is 9.47 Å². The number of ether oxygens (including phenoxy) is 2. The summed E-state index contributed by atoms with van der Waals surface area (Å²) >= 11 is 0. The molecule has 0 bridgehead atoms. The van der Waals surface area contributed by atoms with Crippen molar-refractivity contribution >= 4 is 0 Å². The maximum atomic E-state index is 6.20. The van der Waals surface area contributed by atoms with Gasteiger partial charge in [-0.15, -0.1) is 0 Å². The standard InChI is InChI=1S/C22H27NO2/c1-24-21-8-4-5-9-22(21)25-19-12-14-23(15-13-19)16-18-11-10-17-6-2-3-7-20(17)18/h2-9,18-19H,10-16H2,1H3. The highest BCUT2D eigenvalue weighted by atomic mass is 16.5. The van der Waals surface area contributed by atoms with Crippen molar-refractivity contribution in [1.82, 2.24) is 4.90 Å². The second-order valence-corrected chi connectivity index (χ2v) is 7.20. The average molecular weight is 337 g/mol. The van der Waals surface area contributed by atoms with Crippen LogP contribution in [0.2, 0.25) is 0 Å². The number of methoxy groups -OCH3 is 1. The molecule has 0 spiro atoms. The molecule has 2 aliphatic rings. The Morgan fingerprint density at radius 1 is 0.920 bits per heavy atom. The summed E-state index contributed by atoms with van der Waals surface area (Å²) in [6.07, 6.45) is 5.02. The van der Waals surface area contributed by atoms with Crippen LogP contribution < -0.4 is 9.47 Å². The van der Waals surface area contributed by atoms with Crippen LogP contribution in [0.25, 0.3) is 0 Å². The molecule has 1 atom stereocenters. The van der Waals surface area contributed by atoms with Gasteiger partial charge in [0.1, 0.15) is 6.10 Å². The lowest BCUT2D eigenvalue weighted by Crippen LogP contribution is -2.40. The summed E-state index contributed by atoms with van der Waals surface area (Å²) in [5.74, 6) is 2.41. The summed E-state index contributed by atoms with van der Waals surface area (Å²) in [6, 6.07) is 16.9. The Labute approximate surface area is 150 Å². The topological polar surface area (TPSA) is 21.7 Å². The Bertz CT molecular complexity index is 707. The van der Waals surface area contributed by atoms with Crippen LogP contribution in [0, 0.1) is 0 Å². The van der Waals surface area contributed by atoms with Crippen molar-refractivity contribution < 1.29 is 9.47 Å². The zero-order valence-corrected chi connectivity index (χ0v) is 15.0. The van der Waals surface area contributed by atoms with Gasteiger partial charge in [0.05, 0.1) is 7.11 Å². The quantitative estimate of drug-likeness (QED) is 0.813. The molecule has 4 rings (SSSR count). The van der Waals surface area contributed by atoms with E-state index in [0.29, 0.717) is 12.0 Å². The molecule has 2 aromatic rings. The maximum absolute atomic E-state index is 6.20. The summed E-state index contributed by atoms with van der Waals surface area (Å²) in [5.41, 5.74) is 3.14. The van der Waals surface area contributed by atoms with Gasteiger partial charge in [0.2, 0.25) is 0 Å². The van der Waals surface area contributed by atoms with E-state index in [1.165, 1.54) is 19.4 Å². The molecule has 0 amide bonds. The fraction of sp³-hybridized carbons (Fsp3) is 0.455. The molecule has 0 aromatic heterocycles. The minimum Gasteiger partial charge on any atom is -0.493 e. The SMILES string of the molecule is COc1ccccc1OC1CCN(CC2CCc3ccccc32)CC1. The van der Waals surface area contributed by atoms with Gasteiger partial charge in [-0.2, -0.15) is 0 Å². The molecule has 2 aromatic carbocycles. The molecule has 1 aliphatic carbocycles. The van der Waals surface area contributed by atoms with Crippen LogP contribution in [0.4, 0.5) is 0 Å². The Morgan fingerprint density at radius 3 is 2.44 bits per heavy atom. The van der Waals surface area contributed by atoms with Crippen molar-refractivity contribution in [3.05, 3.63) is 59.7 Å². The van der Waals surface area contributed by atoms with E-state index in [0.717, 1.165) is 37.4 Å². The highest BCUT2D eigenvalue weighted by Crippen LogP contribution is 2.34. The van der Waals surface area contributed by atoms with Gasteiger partial charge in [0, 0.05) is 19.6 Å². The van der Waals surface area contributed by atoms with Crippen molar-refractivity contribution in [1.29, 1.82) is 0 Å². The van der Waals surface area contributed by atoms with Crippen LogP contribution in [0.3, 0.4) is 0 Å². The molecule has 25 heavy (non-hydrogen) atoms.